The predicted octanol–water partition coefficient (Wildman–Crippen LogP) is 1.17. The van der Waals surface area contributed by atoms with E-state index in [1.807, 2.05) is 6.92 Å². The van der Waals surface area contributed by atoms with E-state index in [0.717, 1.165) is 12.5 Å². The minimum atomic E-state index is -1.39. The SMILES string of the molecule is CCCCOC(=O)[C@H](CCC(N)=O)N1C(=O)c2cccc([N+](=O)[O-])c2C1=O. The number of ether oxygens (including phenoxy) is 1. The number of nitrogens with zero attached hydrogens (tertiary/aromatic N) is 2. The van der Waals surface area contributed by atoms with Crippen LogP contribution in [0, 0.1) is 10.1 Å². The molecule has 0 fully saturated rings. The third-order valence-corrected chi connectivity index (χ3v) is 4.11. The van der Waals surface area contributed by atoms with Crippen LogP contribution in [0.2, 0.25) is 0 Å². The molecular weight excluding hydrogens is 358 g/mol. The first-order valence-electron chi connectivity index (χ1n) is 8.39. The Labute approximate surface area is 154 Å². The van der Waals surface area contributed by atoms with Crippen LogP contribution in [-0.2, 0) is 14.3 Å². The molecular formula is C17H19N3O7. The lowest BCUT2D eigenvalue weighted by Gasteiger charge is -2.24. The minimum Gasteiger partial charge on any atom is -0.464 e. The van der Waals surface area contributed by atoms with E-state index < -0.39 is 40.3 Å². The van der Waals surface area contributed by atoms with Gasteiger partial charge in [0.05, 0.1) is 17.1 Å². The third kappa shape index (κ3) is 4.10. The zero-order valence-corrected chi connectivity index (χ0v) is 14.7. The number of carbonyl (C=O) groups is 4. The number of imide groups is 1. The van der Waals surface area contributed by atoms with Crippen molar-refractivity contribution in [2.75, 3.05) is 6.61 Å². The molecule has 27 heavy (non-hydrogen) atoms. The van der Waals surface area contributed by atoms with Crippen LogP contribution >= 0.6 is 0 Å². The standard InChI is InChI=1S/C17H19N3O7/c1-2-3-9-27-17(24)12(7-8-13(18)21)19-15(22)10-5-4-6-11(20(25)26)14(10)16(19)23/h4-6,12H,2-3,7-9H2,1H3,(H2,18,21)/t12-/m0/s1. The van der Waals surface area contributed by atoms with Gasteiger partial charge in [-0.3, -0.25) is 29.4 Å². The van der Waals surface area contributed by atoms with Crippen LogP contribution in [0.15, 0.2) is 18.2 Å². The van der Waals surface area contributed by atoms with Gasteiger partial charge in [0.25, 0.3) is 17.5 Å². The van der Waals surface area contributed by atoms with E-state index in [4.69, 9.17) is 10.5 Å². The number of hydrogen-bond donors (Lipinski definition) is 1. The van der Waals surface area contributed by atoms with Crippen LogP contribution in [0.25, 0.3) is 0 Å². The lowest BCUT2D eigenvalue weighted by molar-refractivity contribution is -0.385. The van der Waals surface area contributed by atoms with Gasteiger partial charge in [0.2, 0.25) is 5.91 Å². The van der Waals surface area contributed by atoms with Crippen molar-refractivity contribution in [2.45, 2.75) is 38.6 Å². The zero-order valence-electron chi connectivity index (χ0n) is 14.7. The molecule has 0 saturated carbocycles. The first-order valence-corrected chi connectivity index (χ1v) is 8.39. The van der Waals surface area contributed by atoms with E-state index in [1.165, 1.54) is 12.1 Å². The van der Waals surface area contributed by atoms with E-state index >= 15 is 0 Å². The molecule has 1 aliphatic heterocycles. The number of benzene rings is 1. The van der Waals surface area contributed by atoms with Crippen LogP contribution < -0.4 is 5.73 Å². The van der Waals surface area contributed by atoms with Gasteiger partial charge in [-0.05, 0) is 18.9 Å². The molecule has 144 valence electrons. The minimum absolute atomic E-state index is 0.0890. The van der Waals surface area contributed by atoms with E-state index in [-0.39, 0.29) is 30.6 Å². The van der Waals surface area contributed by atoms with Crippen LogP contribution in [0.5, 0.6) is 0 Å². The summed E-state index contributed by atoms with van der Waals surface area (Å²) in [5.41, 5.74) is 4.04. The molecule has 1 aromatic rings. The Bertz CT molecular complexity index is 806. The molecule has 10 heteroatoms. The maximum Gasteiger partial charge on any atom is 0.329 e. The molecule has 1 atom stereocenters. The molecule has 1 aromatic carbocycles. The summed E-state index contributed by atoms with van der Waals surface area (Å²) in [6.07, 6.45) is 0.864. The van der Waals surface area contributed by atoms with Crippen LogP contribution in [0.4, 0.5) is 5.69 Å². The highest BCUT2D eigenvalue weighted by molar-refractivity contribution is 6.24. The van der Waals surface area contributed by atoms with Crippen molar-refractivity contribution >= 4 is 29.4 Å². The highest BCUT2D eigenvalue weighted by atomic mass is 16.6. The quantitative estimate of drug-likeness (QED) is 0.223. The number of hydrogen-bond acceptors (Lipinski definition) is 7. The fourth-order valence-corrected chi connectivity index (χ4v) is 2.77. The van der Waals surface area contributed by atoms with Crippen molar-refractivity contribution < 1.29 is 28.8 Å². The normalized spacial score (nSPS) is 14.0. The van der Waals surface area contributed by atoms with E-state index in [0.29, 0.717) is 11.3 Å². The zero-order chi connectivity index (χ0) is 20.1. The lowest BCUT2D eigenvalue weighted by Crippen LogP contribution is -2.46. The van der Waals surface area contributed by atoms with Gasteiger partial charge in [-0.15, -0.1) is 0 Å². The first kappa shape index (κ1) is 20.0. The van der Waals surface area contributed by atoms with Crippen molar-refractivity contribution in [1.82, 2.24) is 4.90 Å². The summed E-state index contributed by atoms with van der Waals surface area (Å²) in [5, 5.41) is 11.2. The number of rotatable bonds is 9. The molecule has 1 heterocycles. The summed E-state index contributed by atoms with van der Waals surface area (Å²) in [4.78, 5) is 60.0. The number of primary amides is 1. The van der Waals surface area contributed by atoms with Crippen LogP contribution in [0.3, 0.4) is 0 Å². The van der Waals surface area contributed by atoms with E-state index in [1.54, 1.807) is 0 Å². The number of unbranched alkanes of at least 4 members (excludes halogenated alkanes) is 1. The average molecular weight is 377 g/mol. The number of amides is 3. The summed E-state index contributed by atoms with van der Waals surface area (Å²) >= 11 is 0. The summed E-state index contributed by atoms with van der Waals surface area (Å²) < 4.78 is 5.09. The topological polar surface area (TPSA) is 150 Å². The lowest BCUT2D eigenvalue weighted by atomic mass is 10.1. The Morgan fingerprint density at radius 1 is 1.30 bits per heavy atom. The van der Waals surface area contributed by atoms with Crippen molar-refractivity contribution in [3.05, 3.63) is 39.4 Å². The Kier molecular flexibility index (Phi) is 6.22. The van der Waals surface area contributed by atoms with E-state index in [2.05, 4.69) is 0 Å². The Balaban J connectivity index is 2.37. The molecule has 1 aliphatic rings. The second-order valence-corrected chi connectivity index (χ2v) is 5.98. The summed E-state index contributed by atoms with van der Waals surface area (Å²) in [7, 11) is 0. The van der Waals surface area contributed by atoms with Gasteiger partial charge >= 0.3 is 5.97 Å². The number of esters is 1. The third-order valence-electron chi connectivity index (χ3n) is 4.11. The number of nitro benzene ring substituents is 1. The second-order valence-electron chi connectivity index (χ2n) is 5.98. The molecule has 10 nitrogen and oxygen atoms in total. The summed E-state index contributed by atoms with van der Waals surface area (Å²) in [5.74, 6) is -3.39. The Hall–Kier alpha value is -3.30. The van der Waals surface area contributed by atoms with Gasteiger partial charge in [0.15, 0.2) is 0 Å². The van der Waals surface area contributed by atoms with Crippen LogP contribution in [-0.4, -0.2) is 46.2 Å². The fourth-order valence-electron chi connectivity index (χ4n) is 2.77. The van der Waals surface area contributed by atoms with Gasteiger partial charge in [0, 0.05) is 12.5 Å². The molecule has 0 saturated heterocycles. The molecule has 0 aliphatic carbocycles. The number of nitrogens with two attached hydrogens (primary N) is 1. The molecule has 0 radical (unpaired) electrons. The molecule has 0 aromatic heterocycles. The van der Waals surface area contributed by atoms with Gasteiger partial charge in [-0.2, -0.15) is 0 Å². The van der Waals surface area contributed by atoms with Crippen LogP contribution in [0.1, 0.15) is 53.3 Å². The predicted molar refractivity (Wildman–Crippen MR) is 91.7 cm³/mol. The van der Waals surface area contributed by atoms with Gasteiger partial charge in [-0.25, -0.2) is 4.79 Å². The fraction of sp³-hybridized carbons (Fsp3) is 0.412. The highest BCUT2D eigenvalue weighted by Crippen LogP contribution is 2.33. The molecule has 0 unspecified atom stereocenters. The van der Waals surface area contributed by atoms with Gasteiger partial charge in [-0.1, -0.05) is 19.4 Å². The first-order chi connectivity index (χ1) is 12.8. The van der Waals surface area contributed by atoms with Crippen molar-refractivity contribution in [3.63, 3.8) is 0 Å². The molecule has 3 amide bonds. The second kappa shape index (κ2) is 8.39. The van der Waals surface area contributed by atoms with Gasteiger partial charge < -0.3 is 10.5 Å². The molecule has 0 spiro atoms. The molecule has 2 N–H and O–H groups in total. The maximum atomic E-state index is 12.7. The monoisotopic (exact) mass is 377 g/mol. The average Bonchev–Trinajstić information content (AvgIpc) is 2.87. The van der Waals surface area contributed by atoms with Crippen molar-refractivity contribution in [1.29, 1.82) is 0 Å². The largest absolute Gasteiger partial charge is 0.464 e. The van der Waals surface area contributed by atoms with E-state index in [9.17, 15) is 29.3 Å². The number of carbonyl (C=O) groups excluding carboxylic acids is 4. The smallest absolute Gasteiger partial charge is 0.329 e. The number of fused-ring (bicyclic) bond motifs is 1. The number of nitro groups is 1. The Morgan fingerprint density at radius 2 is 2.00 bits per heavy atom. The highest BCUT2D eigenvalue weighted by Gasteiger charge is 2.46. The molecule has 0 bridgehead atoms. The summed E-state index contributed by atoms with van der Waals surface area (Å²) in [6.45, 7) is 1.98. The maximum absolute atomic E-state index is 12.7. The Morgan fingerprint density at radius 3 is 2.59 bits per heavy atom. The summed E-state index contributed by atoms with van der Waals surface area (Å²) in [6, 6.07) is 2.27. The van der Waals surface area contributed by atoms with Crippen molar-refractivity contribution in [2.24, 2.45) is 5.73 Å². The molecule has 2 rings (SSSR count). The van der Waals surface area contributed by atoms with Crippen molar-refractivity contribution in [3.8, 4) is 0 Å². The van der Waals surface area contributed by atoms with Gasteiger partial charge in [0.1, 0.15) is 11.6 Å².